The van der Waals surface area contributed by atoms with E-state index in [1.54, 1.807) is 11.9 Å². The van der Waals surface area contributed by atoms with Gasteiger partial charge >= 0.3 is 0 Å². The molecule has 0 radical (unpaired) electrons. The molecule has 1 fully saturated rings. The molecule has 6 nitrogen and oxygen atoms in total. The lowest BCUT2D eigenvalue weighted by Gasteiger charge is -2.26. The number of sulfone groups is 1. The van der Waals surface area contributed by atoms with Crippen LogP contribution in [0.5, 0.6) is 0 Å². The summed E-state index contributed by atoms with van der Waals surface area (Å²) in [6.45, 7) is 1.97. The van der Waals surface area contributed by atoms with Gasteiger partial charge < -0.3 is 9.80 Å². The first-order chi connectivity index (χ1) is 11.3. The third-order valence-corrected chi connectivity index (χ3v) is 6.68. The Morgan fingerprint density at radius 1 is 1.29 bits per heavy atom. The lowest BCUT2D eigenvalue weighted by molar-refractivity contribution is -0.135. The first kappa shape index (κ1) is 17.0. The molecule has 2 aliphatic rings. The Morgan fingerprint density at radius 3 is 2.67 bits per heavy atom. The maximum absolute atomic E-state index is 12.6. The average molecular weight is 350 g/mol. The van der Waals surface area contributed by atoms with E-state index in [-0.39, 0.29) is 41.8 Å². The first-order valence-corrected chi connectivity index (χ1v) is 9.96. The highest BCUT2D eigenvalue weighted by Crippen LogP contribution is 2.32. The molecule has 2 unspecified atom stereocenters. The van der Waals surface area contributed by atoms with Gasteiger partial charge in [-0.1, -0.05) is 18.2 Å². The summed E-state index contributed by atoms with van der Waals surface area (Å²) in [5.74, 6) is -0.449. The number of anilines is 1. The standard InChI is InChI=1S/C17H22N2O4S/c1-12-9-13-5-3-4-6-15(13)19(12)17(21)10-16(20)18(2)14-7-8-24(22,23)11-14/h3-6,12,14H,7-11H2,1-2H3. The summed E-state index contributed by atoms with van der Waals surface area (Å²) < 4.78 is 23.1. The zero-order valence-electron chi connectivity index (χ0n) is 13.9. The molecule has 7 heteroatoms. The van der Waals surface area contributed by atoms with E-state index in [1.807, 2.05) is 31.2 Å². The second kappa shape index (κ2) is 6.20. The lowest BCUT2D eigenvalue weighted by atomic mass is 10.1. The molecular weight excluding hydrogens is 328 g/mol. The van der Waals surface area contributed by atoms with Crippen molar-refractivity contribution in [3.8, 4) is 0 Å². The molecular formula is C17H22N2O4S. The minimum atomic E-state index is -3.06. The molecule has 1 saturated heterocycles. The van der Waals surface area contributed by atoms with Gasteiger partial charge in [0.05, 0.1) is 11.5 Å². The van der Waals surface area contributed by atoms with Crippen LogP contribution >= 0.6 is 0 Å². The van der Waals surface area contributed by atoms with E-state index in [0.29, 0.717) is 6.42 Å². The zero-order valence-corrected chi connectivity index (χ0v) is 14.8. The Morgan fingerprint density at radius 2 is 2.00 bits per heavy atom. The quantitative estimate of drug-likeness (QED) is 0.762. The fourth-order valence-electron chi connectivity index (χ4n) is 3.57. The highest BCUT2D eigenvalue weighted by atomic mass is 32.2. The van der Waals surface area contributed by atoms with Gasteiger partial charge in [-0.15, -0.1) is 0 Å². The van der Waals surface area contributed by atoms with E-state index in [0.717, 1.165) is 17.7 Å². The summed E-state index contributed by atoms with van der Waals surface area (Å²) in [5.41, 5.74) is 1.98. The van der Waals surface area contributed by atoms with Crippen LogP contribution < -0.4 is 4.90 Å². The van der Waals surface area contributed by atoms with Gasteiger partial charge in [0.2, 0.25) is 11.8 Å². The number of hydrogen-bond acceptors (Lipinski definition) is 4. The Kier molecular flexibility index (Phi) is 4.38. The Labute approximate surface area is 142 Å². The molecule has 2 atom stereocenters. The van der Waals surface area contributed by atoms with Gasteiger partial charge in [0, 0.05) is 24.8 Å². The number of carbonyl (C=O) groups excluding carboxylic acids is 2. The van der Waals surface area contributed by atoms with Crippen LogP contribution in [0.15, 0.2) is 24.3 Å². The molecule has 24 heavy (non-hydrogen) atoms. The largest absolute Gasteiger partial charge is 0.341 e. The van der Waals surface area contributed by atoms with Gasteiger partial charge in [-0.2, -0.15) is 0 Å². The van der Waals surface area contributed by atoms with Crippen molar-refractivity contribution in [1.82, 2.24) is 4.90 Å². The smallest absolute Gasteiger partial charge is 0.236 e. The molecule has 0 bridgehead atoms. The fourth-order valence-corrected chi connectivity index (χ4v) is 5.34. The second-order valence-corrected chi connectivity index (χ2v) is 8.91. The minimum Gasteiger partial charge on any atom is -0.341 e. The van der Waals surface area contributed by atoms with Gasteiger partial charge in [0.1, 0.15) is 6.42 Å². The molecule has 0 aromatic heterocycles. The van der Waals surface area contributed by atoms with E-state index < -0.39 is 9.84 Å². The minimum absolute atomic E-state index is 0.00756. The monoisotopic (exact) mass is 350 g/mol. The van der Waals surface area contributed by atoms with E-state index in [9.17, 15) is 18.0 Å². The molecule has 1 aromatic carbocycles. The van der Waals surface area contributed by atoms with Crippen molar-refractivity contribution in [2.24, 2.45) is 0 Å². The number of carbonyl (C=O) groups is 2. The molecule has 2 amide bonds. The highest BCUT2D eigenvalue weighted by molar-refractivity contribution is 7.91. The lowest BCUT2D eigenvalue weighted by Crippen LogP contribution is -2.43. The molecule has 0 spiro atoms. The van der Waals surface area contributed by atoms with Crippen molar-refractivity contribution in [3.05, 3.63) is 29.8 Å². The van der Waals surface area contributed by atoms with Gasteiger partial charge in [-0.3, -0.25) is 9.59 Å². The first-order valence-electron chi connectivity index (χ1n) is 8.14. The molecule has 0 N–H and O–H groups in total. The number of hydrogen-bond donors (Lipinski definition) is 0. The number of benzene rings is 1. The van der Waals surface area contributed by atoms with E-state index >= 15 is 0 Å². The summed E-state index contributed by atoms with van der Waals surface area (Å²) in [6, 6.07) is 7.43. The summed E-state index contributed by atoms with van der Waals surface area (Å²) in [6.07, 6.45) is 1.00. The SMILES string of the molecule is CC1Cc2ccccc2N1C(=O)CC(=O)N(C)C1CCS(=O)(=O)C1. The van der Waals surface area contributed by atoms with Gasteiger partial charge in [0.25, 0.3) is 0 Å². The predicted molar refractivity (Wildman–Crippen MR) is 91.5 cm³/mol. The van der Waals surface area contributed by atoms with Crippen LogP contribution in [-0.2, 0) is 25.8 Å². The molecule has 2 aliphatic heterocycles. The number of para-hydroxylation sites is 1. The Bertz CT molecular complexity index is 775. The zero-order chi connectivity index (χ0) is 17.5. The van der Waals surface area contributed by atoms with Crippen LogP contribution in [0, 0.1) is 0 Å². The van der Waals surface area contributed by atoms with Crippen LogP contribution in [0.2, 0.25) is 0 Å². The van der Waals surface area contributed by atoms with Gasteiger partial charge in [0.15, 0.2) is 9.84 Å². The predicted octanol–water partition coefficient (Wildman–Crippen LogP) is 1.000. The normalized spacial score (nSPS) is 24.7. The van der Waals surface area contributed by atoms with Crippen LogP contribution in [0.1, 0.15) is 25.3 Å². The molecule has 3 rings (SSSR count). The van der Waals surface area contributed by atoms with Crippen molar-refractivity contribution < 1.29 is 18.0 Å². The van der Waals surface area contributed by atoms with Crippen LogP contribution in [-0.4, -0.2) is 55.8 Å². The fraction of sp³-hybridized carbons (Fsp3) is 0.529. The van der Waals surface area contributed by atoms with Gasteiger partial charge in [-0.25, -0.2) is 8.42 Å². The molecule has 0 saturated carbocycles. The maximum Gasteiger partial charge on any atom is 0.236 e. The topological polar surface area (TPSA) is 74.8 Å². The summed E-state index contributed by atoms with van der Waals surface area (Å²) >= 11 is 0. The summed E-state index contributed by atoms with van der Waals surface area (Å²) in [7, 11) is -1.47. The number of amides is 2. The van der Waals surface area contributed by atoms with Crippen molar-refractivity contribution in [3.63, 3.8) is 0 Å². The second-order valence-electron chi connectivity index (χ2n) is 6.68. The van der Waals surface area contributed by atoms with Crippen molar-refractivity contribution in [2.45, 2.75) is 38.3 Å². The summed E-state index contributed by atoms with van der Waals surface area (Å²) in [4.78, 5) is 28.2. The molecule has 1 aromatic rings. The van der Waals surface area contributed by atoms with Crippen molar-refractivity contribution >= 4 is 27.3 Å². The third-order valence-electron chi connectivity index (χ3n) is 4.93. The maximum atomic E-state index is 12.6. The molecule has 130 valence electrons. The average Bonchev–Trinajstić information content (AvgIpc) is 3.04. The van der Waals surface area contributed by atoms with E-state index in [1.165, 1.54) is 4.90 Å². The number of nitrogens with zero attached hydrogens (tertiary/aromatic N) is 2. The Balaban J connectivity index is 1.68. The van der Waals surface area contributed by atoms with E-state index in [2.05, 4.69) is 0 Å². The van der Waals surface area contributed by atoms with Crippen LogP contribution in [0.4, 0.5) is 5.69 Å². The van der Waals surface area contributed by atoms with Crippen molar-refractivity contribution in [2.75, 3.05) is 23.5 Å². The van der Waals surface area contributed by atoms with Crippen LogP contribution in [0.3, 0.4) is 0 Å². The number of rotatable bonds is 3. The molecule has 2 heterocycles. The van der Waals surface area contributed by atoms with Gasteiger partial charge in [-0.05, 0) is 31.4 Å². The summed E-state index contributed by atoms with van der Waals surface area (Å²) in [5, 5.41) is 0. The highest BCUT2D eigenvalue weighted by Gasteiger charge is 2.35. The van der Waals surface area contributed by atoms with E-state index in [4.69, 9.17) is 0 Å². The number of fused-ring (bicyclic) bond motifs is 1. The third kappa shape index (κ3) is 3.17. The van der Waals surface area contributed by atoms with Crippen LogP contribution in [0.25, 0.3) is 0 Å². The Hall–Kier alpha value is -1.89. The molecule has 0 aliphatic carbocycles. The van der Waals surface area contributed by atoms with Crippen molar-refractivity contribution in [1.29, 1.82) is 0 Å².